The fourth-order valence-electron chi connectivity index (χ4n) is 2.97. The number of furan rings is 1. The molecule has 1 fully saturated rings. The minimum atomic E-state index is -0.178. The van der Waals surface area contributed by atoms with Crippen molar-refractivity contribution in [1.29, 1.82) is 0 Å². The van der Waals surface area contributed by atoms with Gasteiger partial charge in [0.05, 0.1) is 11.2 Å². The van der Waals surface area contributed by atoms with E-state index in [-0.39, 0.29) is 5.91 Å². The van der Waals surface area contributed by atoms with E-state index in [9.17, 15) is 4.79 Å². The summed E-state index contributed by atoms with van der Waals surface area (Å²) in [6.45, 7) is 4.69. The molecule has 0 radical (unpaired) electrons. The smallest absolute Gasteiger partial charge is 0.286 e. The highest BCUT2D eigenvalue weighted by Gasteiger charge is 2.28. The summed E-state index contributed by atoms with van der Waals surface area (Å²) in [6, 6.07) is 14.2. The number of rotatable bonds is 3. The molecule has 2 aromatic rings. The van der Waals surface area contributed by atoms with E-state index in [1.54, 1.807) is 12.3 Å². The molecular formula is C19H19N3O2S. The summed E-state index contributed by atoms with van der Waals surface area (Å²) in [6.07, 6.45) is 3.36. The first-order valence-corrected chi connectivity index (χ1v) is 9.17. The first kappa shape index (κ1) is 16.2. The maximum Gasteiger partial charge on any atom is 0.286 e. The van der Waals surface area contributed by atoms with Crippen molar-refractivity contribution >= 4 is 28.9 Å². The second-order valence-electron chi connectivity index (χ2n) is 6.07. The van der Waals surface area contributed by atoms with Crippen LogP contribution >= 0.6 is 11.8 Å². The average molecular weight is 353 g/mol. The van der Waals surface area contributed by atoms with Crippen LogP contribution in [0.2, 0.25) is 0 Å². The van der Waals surface area contributed by atoms with Gasteiger partial charge in [-0.25, -0.2) is 0 Å². The molecule has 0 N–H and O–H groups in total. The summed E-state index contributed by atoms with van der Waals surface area (Å²) >= 11 is 1.44. The van der Waals surface area contributed by atoms with Crippen molar-refractivity contribution in [1.82, 2.24) is 9.80 Å². The minimum Gasteiger partial charge on any atom is -0.465 e. The van der Waals surface area contributed by atoms with Crippen molar-refractivity contribution in [2.24, 2.45) is 4.99 Å². The van der Waals surface area contributed by atoms with Crippen LogP contribution in [0.3, 0.4) is 0 Å². The molecule has 0 atom stereocenters. The number of benzene rings is 1. The summed E-state index contributed by atoms with van der Waals surface area (Å²) < 4.78 is 5.28. The first-order chi connectivity index (χ1) is 12.3. The largest absolute Gasteiger partial charge is 0.465 e. The summed E-state index contributed by atoms with van der Waals surface area (Å²) in [5.41, 5.74) is 1.34. The number of amides is 1. The fourth-order valence-corrected chi connectivity index (χ4v) is 3.92. The monoisotopic (exact) mass is 353 g/mol. The van der Waals surface area contributed by atoms with Gasteiger partial charge in [-0.3, -0.25) is 9.69 Å². The van der Waals surface area contributed by atoms with Crippen LogP contribution < -0.4 is 0 Å². The summed E-state index contributed by atoms with van der Waals surface area (Å²) in [5.74, 6) is 0.503. The lowest BCUT2D eigenvalue weighted by Crippen LogP contribution is -2.47. The number of thioether (sulfide) groups is 1. The molecule has 6 heteroatoms. The maximum atomic E-state index is 12.1. The molecular weight excluding hydrogens is 334 g/mol. The second-order valence-corrected chi connectivity index (χ2v) is 7.08. The van der Waals surface area contributed by atoms with Gasteiger partial charge in [0.15, 0.2) is 5.17 Å². The Morgan fingerprint density at radius 3 is 2.60 bits per heavy atom. The molecule has 128 valence electrons. The molecule has 1 amide bonds. The SMILES string of the molecule is O=C1N=C(N2CCN(Cc3ccccc3)CC2)S/C1=C/c1ccco1. The van der Waals surface area contributed by atoms with Crippen molar-refractivity contribution in [3.05, 3.63) is 65.0 Å². The van der Waals surface area contributed by atoms with Gasteiger partial charge in [-0.05, 0) is 29.5 Å². The van der Waals surface area contributed by atoms with Crippen molar-refractivity contribution in [2.75, 3.05) is 26.2 Å². The Hall–Kier alpha value is -2.31. The summed E-state index contributed by atoms with van der Waals surface area (Å²) in [7, 11) is 0. The molecule has 0 saturated carbocycles. The van der Waals surface area contributed by atoms with Crippen LogP contribution in [-0.4, -0.2) is 47.1 Å². The third-order valence-corrected chi connectivity index (χ3v) is 5.36. The Balaban J connectivity index is 1.34. The predicted molar refractivity (Wildman–Crippen MR) is 100 cm³/mol. The van der Waals surface area contributed by atoms with Crippen molar-refractivity contribution < 1.29 is 9.21 Å². The lowest BCUT2D eigenvalue weighted by atomic mass is 10.2. The zero-order chi connectivity index (χ0) is 17.1. The van der Waals surface area contributed by atoms with Crippen LogP contribution in [-0.2, 0) is 11.3 Å². The number of aliphatic imine (C=N–C) groups is 1. The van der Waals surface area contributed by atoms with Crippen LogP contribution in [0, 0.1) is 0 Å². The molecule has 0 aliphatic carbocycles. The maximum absolute atomic E-state index is 12.1. The molecule has 2 aliphatic rings. The Kier molecular flexibility index (Phi) is 4.72. The summed E-state index contributed by atoms with van der Waals surface area (Å²) in [5, 5.41) is 0.808. The number of carbonyl (C=O) groups is 1. The van der Waals surface area contributed by atoms with E-state index < -0.39 is 0 Å². The molecule has 4 rings (SSSR count). The number of nitrogens with zero attached hydrogens (tertiary/aromatic N) is 3. The molecule has 3 heterocycles. The number of carbonyl (C=O) groups excluding carboxylic acids is 1. The van der Waals surface area contributed by atoms with Gasteiger partial charge in [0.2, 0.25) is 0 Å². The third kappa shape index (κ3) is 3.86. The van der Waals surface area contributed by atoms with Gasteiger partial charge in [-0.1, -0.05) is 30.3 Å². The van der Waals surface area contributed by atoms with Crippen LogP contribution in [0.5, 0.6) is 0 Å². The zero-order valence-electron chi connectivity index (χ0n) is 13.8. The van der Waals surface area contributed by atoms with Crippen molar-refractivity contribution in [2.45, 2.75) is 6.54 Å². The van der Waals surface area contributed by atoms with Crippen molar-refractivity contribution in [3.8, 4) is 0 Å². The number of piperazine rings is 1. The Bertz CT molecular complexity index is 791. The van der Waals surface area contributed by atoms with Gasteiger partial charge in [0.1, 0.15) is 5.76 Å². The van der Waals surface area contributed by atoms with E-state index in [1.165, 1.54) is 17.3 Å². The van der Waals surface area contributed by atoms with Gasteiger partial charge in [-0.2, -0.15) is 4.99 Å². The van der Waals surface area contributed by atoms with Gasteiger partial charge >= 0.3 is 0 Å². The third-order valence-electron chi connectivity index (χ3n) is 4.32. The first-order valence-electron chi connectivity index (χ1n) is 8.35. The molecule has 25 heavy (non-hydrogen) atoms. The van der Waals surface area contributed by atoms with E-state index in [1.807, 2.05) is 18.2 Å². The fraction of sp³-hybridized carbons (Fsp3) is 0.263. The average Bonchev–Trinajstić information content (AvgIpc) is 3.27. The number of hydrogen-bond acceptors (Lipinski definition) is 5. The zero-order valence-corrected chi connectivity index (χ0v) is 14.6. The highest BCUT2D eigenvalue weighted by Crippen LogP contribution is 2.30. The lowest BCUT2D eigenvalue weighted by Gasteiger charge is -2.35. The molecule has 0 unspecified atom stereocenters. The molecule has 5 nitrogen and oxygen atoms in total. The van der Waals surface area contributed by atoms with E-state index in [4.69, 9.17) is 4.42 Å². The molecule has 0 bridgehead atoms. The van der Waals surface area contributed by atoms with Crippen LogP contribution in [0.1, 0.15) is 11.3 Å². The highest BCUT2D eigenvalue weighted by molar-refractivity contribution is 8.18. The van der Waals surface area contributed by atoms with E-state index in [0.29, 0.717) is 10.7 Å². The van der Waals surface area contributed by atoms with Crippen LogP contribution in [0.25, 0.3) is 6.08 Å². The number of hydrogen-bond donors (Lipinski definition) is 0. The Labute approximate surface area is 151 Å². The van der Waals surface area contributed by atoms with Gasteiger partial charge in [0.25, 0.3) is 5.91 Å². The topological polar surface area (TPSA) is 49.1 Å². The van der Waals surface area contributed by atoms with Gasteiger partial charge < -0.3 is 9.32 Å². The van der Waals surface area contributed by atoms with Crippen molar-refractivity contribution in [3.63, 3.8) is 0 Å². The highest BCUT2D eigenvalue weighted by atomic mass is 32.2. The molecule has 2 aliphatic heterocycles. The Morgan fingerprint density at radius 1 is 1.08 bits per heavy atom. The van der Waals surface area contributed by atoms with E-state index in [2.05, 4.69) is 39.1 Å². The molecule has 1 saturated heterocycles. The van der Waals surface area contributed by atoms with E-state index >= 15 is 0 Å². The number of amidine groups is 1. The normalized spacial score (nSPS) is 20.3. The van der Waals surface area contributed by atoms with Gasteiger partial charge in [-0.15, -0.1) is 0 Å². The summed E-state index contributed by atoms with van der Waals surface area (Å²) in [4.78, 5) is 21.6. The predicted octanol–water partition coefficient (Wildman–Crippen LogP) is 3.07. The molecule has 1 aromatic heterocycles. The standard InChI is InChI=1S/C19H19N3O2S/c23-18-17(13-16-7-4-12-24-16)25-19(20-18)22-10-8-21(9-11-22)14-15-5-2-1-3-6-15/h1-7,12-13H,8-11,14H2/b17-13+. The molecule has 0 spiro atoms. The lowest BCUT2D eigenvalue weighted by molar-refractivity contribution is -0.113. The molecule has 1 aromatic carbocycles. The van der Waals surface area contributed by atoms with E-state index in [0.717, 1.165) is 37.9 Å². The van der Waals surface area contributed by atoms with Crippen LogP contribution in [0.15, 0.2) is 63.0 Å². The van der Waals surface area contributed by atoms with Crippen LogP contribution in [0.4, 0.5) is 0 Å². The second kappa shape index (κ2) is 7.29. The minimum absolute atomic E-state index is 0.178. The van der Waals surface area contributed by atoms with Gasteiger partial charge in [0, 0.05) is 38.8 Å². The quantitative estimate of drug-likeness (QED) is 0.794. The Morgan fingerprint density at radius 2 is 1.88 bits per heavy atom.